The molecule has 7 heteroatoms. The fourth-order valence-corrected chi connectivity index (χ4v) is 6.12. The Morgan fingerprint density at radius 1 is 1.16 bits per heavy atom. The van der Waals surface area contributed by atoms with Crippen molar-refractivity contribution in [1.29, 1.82) is 0 Å². The Morgan fingerprint density at radius 3 is 2.45 bits per heavy atom. The Bertz CT molecular complexity index is 1070. The molecule has 0 spiro atoms. The van der Waals surface area contributed by atoms with E-state index in [1.807, 2.05) is 6.92 Å². The molecule has 0 bridgehead atoms. The molecule has 38 heavy (non-hydrogen) atoms. The first kappa shape index (κ1) is 32.2. The minimum absolute atomic E-state index is 0. The summed E-state index contributed by atoms with van der Waals surface area (Å²) in [5.41, 5.74) is 5.50. The monoisotopic (exact) mass is 566 g/mol. The minimum Gasteiger partial charge on any atom is -0.481 e. The summed E-state index contributed by atoms with van der Waals surface area (Å²) < 4.78 is 0. The van der Waals surface area contributed by atoms with E-state index in [9.17, 15) is 14.7 Å². The zero-order chi connectivity index (χ0) is 27.3. The summed E-state index contributed by atoms with van der Waals surface area (Å²) in [6.45, 7) is 16.2. The summed E-state index contributed by atoms with van der Waals surface area (Å²) >= 11 is 0. The summed E-state index contributed by atoms with van der Waals surface area (Å²) in [6, 6.07) is 4.14. The second kappa shape index (κ2) is 13.9. The summed E-state index contributed by atoms with van der Waals surface area (Å²) in [4.78, 5) is 31.4. The number of amides is 1. The van der Waals surface area contributed by atoms with Gasteiger partial charge in [0.05, 0.1) is 17.8 Å². The van der Waals surface area contributed by atoms with Gasteiger partial charge in [-0.25, -0.2) is 0 Å². The van der Waals surface area contributed by atoms with Crippen molar-refractivity contribution in [3.8, 4) is 11.4 Å². The van der Waals surface area contributed by atoms with Crippen LogP contribution in [0.15, 0.2) is 12.1 Å². The molecule has 6 nitrogen and oxygen atoms in total. The van der Waals surface area contributed by atoms with Crippen LogP contribution >= 0.6 is 0 Å². The van der Waals surface area contributed by atoms with Crippen LogP contribution in [0.25, 0.3) is 11.4 Å². The third-order valence-corrected chi connectivity index (χ3v) is 9.50. The molecule has 1 saturated carbocycles. The van der Waals surface area contributed by atoms with E-state index in [0.29, 0.717) is 36.6 Å². The van der Waals surface area contributed by atoms with Gasteiger partial charge >= 0.3 is 5.97 Å². The molecule has 1 amide bonds. The van der Waals surface area contributed by atoms with Gasteiger partial charge in [-0.2, -0.15) is 12.3 Å². The molecule has 214 valence electrons. The van der Waals surface area contributed by atoms with Crippen LogP contribution in [0.2, 0.25) is 0 Å². The second-order valence-electron chi connectivity index (χ2n) is 11.7. The van der Waals surface area contributed by atoms with Crippen LogP contribution in [-0.2, 0) is 45.0 Å². The molecule has 4 N–H and O–H groups in total. The molecular formula is C31H48FeN3O3-. The maximum absolute atomic E-state index is 12.5. The number of aryl methyl sites for hydroxylation is 1. The smallest absolute Gasteiger partial charge is 0.307 e. The predicted molar refractivity (Wildman–Crippen MR) is 150 cm³/mol. The molecule has 3 rings (SSSR count). The maximum Gasteiger partial charge on any atom is 0.307 e. The Balaban J connectivity index is 0.00000507. The molecule has 1 aliphatic rings. The number of carboxylic acids is 1. The van der Waals surface area contributed by atoms with E-state index in [4.69, 9.17) is 0 Å². The number of aromatic nitrogens is 2. The molecule has 0 aliphatic heterocycles. The van der Waals surface area contributed by atoms with Gasteiger partial charge in [0.1, 0.15) is 0 Å². The molecule has 0 radical (unpaired) electrons. The van der Waals surface area contributed by atoms with Crippen LogP contribution in [0.5, 0.6) is 0 Å². The average molecular weight is 567 g/mol. The molecule has 1 aliphatic carbocycles. The zero-order valence-electron chi connectivity index (χ0n) is 24.3. The van der Waals surface area contributed by atoms with Gasteiger partial charge in [0.2, 0.25) is 5.91 Å². The number of rotatable bonds is 13. The molecular weight excluding hydrogens is 518 g/mol. The molecule has 2 aromatic heterocycles. The van der Waals surface area contributed by atoms with Crippen molar-refractivity contribution in [3.05, 3.63) is 41.1 Å². The van der Waals surface area contributed by atoms with Crippen LogP contribution < -0.4 is 5.32 Å². The first-order valence-corrected chi connectivity index (χ1v) is 14.2. The van der Waals surface area contributed by atoms with Crippen LogP contribution in [0.3, 0.4) is 0 Å². The molecule has 1 fully saturated rings. The SMILES string of the molecule is CCC(C)C(C)C(C)(c1cc(CC(=O)O)c(-c2cc(CNC(=O)CC3[CH-]CCC3)c(C)[nH]2)[nH]1)C(C)CC.[Fe]. The number of aromatic amines is 2. The summed E-state index contributed by atoms with van der Waals surface area (Å²) in [5, 5.41) is 12.8. The van der Waals surface area contributed by atoms with Crippen molar-refractivity contribution >= 4 is 11.9 Å². The number of nitrogens with one attached hydrogen (secondary N) is 3. The van der Waals surface area contributed by atoms with Crippen molar-refractivity contribution < 1.29 is 31.8 Å². The topological polar surface area (TPSA) is 98.0 Å². The first-order chi connectivity index (χ1) is 17.5. The number of carbonyl (C=O) groups is 2. The molecule has 5 unspecified atom stereocenters. The second-order valence-corrected chi connectivity index (χ2v) is 11.7. The number of hydrogen-bond acceptors (Lipinski definition) is 2. The fourth-order valence-electron chi connectivity index (χ4n) is 6.12. The predicted octanol–water partition coefficient (Wildman–Crippen LogP) is 6.94. The number of hydrogen-bond donors (Lipinski definition) is 4. The standard InChI is InChI=1S/C31H48N3O3.Fe/c1-8-19(3)21(5)31(7,20(4)9-2)27-16-24(17-29(36)37)30(34-27)26-15-25(22(6)33-26)18-32-28(35)14-23-12-10-11-13-23;/h12,15-16,19-21,23,33-34H,8-11,13-14,17-18H2,1-7H3,(H,32,35)(H,36,37);/q-1;. The van der Waals surface area contributed by atoms with E-state index in [0.717, 1.165) is 59.6 Å². The van der Waals surface area contributed by atoms with E-state index >= 15 is 0 Å². The van der Waals surface area contributed by atoms with Crippen molar-refractivity contribution in [2.45, 2.75) is 105 Å². The van der Waals surface area contributed by atoms with E-state index in [1.165, 1.54) is 6.42 Å². The van der Waals surface area contributed by atoms with E-state index in [1.54, 1.807) is 0 Å². The Kier molecular flexibility index (Phi) is 11.8. The third kappa shape index (κ3) is 7.15. The molecule has 5 atom stereocenters. The van der Waals surface area contributed by atoms with E-state index in [-0.39, 0.29) is 34.8 Å². The average Bonchev–Trinajstić information content (AvgIpc) is 3.61. The number of carboxylic acid groups (broad SMARTS) is 1. The Labute approximate surface area is 240 Å². The van der Waals surface area contributed by atoms with Gasteiger partial charge in [-0.05, 0) is 47.9 Å². The van der Waals surface area contributed by atoms with Crippen LogP contribution in [0.1, 0.15) is 103 Å². The largest absolute Gasteiger partial charge is 0.481 e. The molecule has 0 aromatic carbocycles. The van der Waals surface area contributed by atoms with Crippen LogP contribution in [0, 0.1) is 37.0 Å². The van der Waals surface area contributed by atoms with Gasteiger partial charge in [0.25, 0.3) is 0 Å². The zero-order valence-corrected chi connectivity index (χ0v) is 25.4. The summed E-state index contributed by atoms with van der Waals surface area (Å²) in [6.07, 6.45) is 8.33. The number of H-pyrrole nitrogens is 2. The van der Waals surface area contributed by atoms with Gasteiger partial charge in [0.15, 0.2) is 0 Å². The Morgan fingerprint density at radius 2 is 1.87 bits per heavy atom. The van der Waals surface area contributed by atoms with Crippen molar-refractivity contribution in [1.82, 2.24) is 15.3 Å². The van der Waals surface area contributed by atoms with Gasteiger partial charge in [-0.1, -0.05) is 67.2 Å². The maximum atomic E-state index is 12.5. The third-order valence-electron chi connectivity index (χ3n) is 9.50. The molecule has 0 saturated heterocycles. The first-order valence-electron chi connectivity index (χ1n) is 14.2. The molecule has 2 heterocycles. The normalized spacial score (nSPS) is 19.3. The number of carbonyl (C=O) groups excluding carboxylic acids is 1. The van der Waals surface area contributed by atoms with E-state index in [2.05, 4.69) is 75.4 Å². The summed E-state index contributed by atoms with van der Waals surface area (Å²) in [5.74, 6) is 1.03. The van der Waals surface area contributed by atoms with Gasteiger partial charge < -0.3 is 26.8 Å². The fraction of sp³-hybridized carbons (Fsp3) is 0.645. The van der Waals surface area contributed by atoms with Crippen LogP contribution in [0.4, 0.5) is 0 Å². The van der Waals surface area contributed by atoms with Crippen molar-refractivity contribution in [2.75, 3.05) is 0 Å². The summed E-state index contributed by atoms with van der Waals surface area (Å²) in [7, 11) is 0. The number of aliphatic carboxylic acids is 1. The minimum atomic E-state index is -0.841. The molecule has 2 aromatic rings. The van der Waals surface area contributed by atoms with Gasteiger partial charge in [-0.3, -0.25) is 9.59 Å². The Hall–Kier alpha value is -1.98. The van der Waals surface area contributed by atoms with Crippen molar-refractivity contribution in [2.24, 2.45) is 23.7 Å². The van der Waals surface area contributed by atoms with Gasteiger partial charge in [-0.15, -0.1) is 0 Å². The van der Waals surface area contributed by atoms with E-state index < -0.39 is 5.97 Å². The van der Waals surface area contributed by atoms with Gasteiger partial charge in [0, 0.05) is 46.8 Å². The quantitative estimate of drug-likeness (QED) is 0.156. The van der Waals surface area contributed by atoms with Crippen LogP contribution in [-0.4, -0.2) is 27.0 Å². The van der Waals surface area contributed by atoms with Crippen molar-refractivity contribution in [3.63, 3.8) is 0 Å².